The minimum atomic E-state index is -0.0907. The summed E-state index contributed by atoms with van der Waals surface area (Å²) in [5.74, 6) is 0. The van der Waals surface area contributed by atoms with Crippen LogP contribution in [0.5, 0.6) is 0 Å². The van der Waals surface area contributed by atoms with Crippen molar-refractivity contribution >= 4 is 27.3 Å². The molecule has 1 aliphatic heterocycles. The maximum Gasteiger partial charge on any atom is 0.282 e. The van der Waals surface area contributed by atoms with Crippen molar-refractivity contribution in [1.82, 2.24) is 19.8 Å². The van der Waals surface area contributed by atoms with Crippen LogP contribution in [0.1, 0.15) is 31.5 Å². The molecule has 1 aromatic carbocycles. The number of rotatable bonds is 5. The molecule has 142 valence electrons. The Kier molecular flexibility index (Phi) is 5.09. The summed E-state index contributed by atoms with van der Waals surface area (Å²) in [6, 6.07) is 7.91. The van der Waals surface area contributed by atoms with Crippen LogP contribution in [0.25, 0.3) is 15.3 Å². The number of hydrogen-bond acceptors (Lipinski definition) is 6. The molecule has 8 heteroatoms. The van der Waals surface area contributed by atoms with Gasteiger partial charge >= 0.3 is 0 Å². The average molecular weight is 385 g/mol. The Morgan fingerprint density at radius 3 is 2.85 bits per heavy atom. The zero-order chi connectivity index (χ0) is 18.8. The first kappa shape index (κ1) is 17.9. The lowest BCUT2D eigenvalue weighted by Gasteiger charge is -2.24. The largest absolute Gasteiger partial charge is 0.378 e. The van der Waals surface area contributed by atoms with Gasteiger partial charge in [0.25, 0.3) is 5.56 Å². The molecule has 1 N–H and O–H groups in total. The van der Waals surface area contributed by atoms with Gasteiger partial charge in [-0.05, 0) is 25.5 Å². The Balaban J connectivity index is 1.77. The lowest BCUT2D eigenvalue weighted by molar-refractivity contribution is 0.0393. The van der Waals surface area contributed by atoms with Gasteiger partial charge in [0.1, 0.15) is 0 Å². The summed E-state index contributed by atoms with van der Waals surface area (Å²) in [5.41, 5.74) is 3.11. The van der Waals surface area contributed by atoms with E-state index in [1.54, 1.807) is 4.68 Å². The number of ether oxygens (including phenoxy) is 1. The SMILES string of the molecule is CCCc1[nH]n(-c2nc3ccccc3s2)c(=O)c1C(C)=NN1CCOCC1. The quantitative estimate of drug-likeness (QED) is 0.685. The monoisotopic (exact) mass is 385 g/mol. The predicted molar refractivity (Wildman–Crippen MR) is 108 cm³/mol. The Morgan fingerprint density at radius 1 is 1.33 bits per heavy atom. The molecule has 7 nitrogen and oxygen atoms in total. The van der Waals surface area contributed by atoms with Gasteiger partial charge in [0, 0.05) is 5.69 Å². The number of aromatic amines is 1. The normalized spacial score (nSPS) is 15.6. The molecule has 3 heterocycles. The maximum absolute atomic E-state index is 13.2. The van der Waals surface area contributed by atoms with Gasteiger partial charge in [-0.2, -0.15) is 9.78 Å². The smallest absolute Gasteiger partial charge is 0.282 e. The molecule has 0 unspecified atom stereocenters. The summed E-state index contributed by atoms with van der Waals surface area (Å²) in [4.78, 5) is 17.8. The summed E-state index contributed by atoms with van der Waals surface area (Å²) in [6.45, 7) is 6.84. The average Bonchev–Trinajstić information content (AvgIpc) is 3.23. The molecule has 0 radical (unpaired) electrons. The van der Waals surface area contributed by atoms with Crippen molar-refractivity contribution in [3.05, 3.63) is 45.9 Å². The topological polar surface area (TPSA) is 75.5 Å². The molecule has 4 rings (SSSR count). The van der Waals surface area contributed by atoms with Crippen LogP contribution >= 0.6 is 11.3 Å². The molecule has 0 bridgehead atoms. The second kappa shape index (κ2) is 7.66. The molecule has 0 amide bonds. The van der Waals surface area contributed by atoms with Gasteiger partial charge in [0.15, 0.2) is 0 Å². The van der Waals surface area contributed by atoms with E-state index < -0.39 is 0 Å². The van der Waals surface area contributed by atoms with Crippen molar-refractivity contribution in [2.75, 3.05) is 26.3 Å². The Morgan fingerprint density at radius 2 is 2.11 bits per heavy atom. The third-order valence-electron chi connectivity index (χ3n) is 4.58. The molecule has 0 aliphatic carbocycles. The van der Waals surface area contributed by atoms with Crippen LogP contribution in [0.15, 0.2) is 34.2 Å². The van der Waals surface area contributed by atoms with E-state index in [0.717, 1.165) is 47.6 Å². The highest BCUT2D eigenvalue weighted by Gasteiger charge is 2.20. The van der Waals surface area contributed by atoms with Crippen molar-refractivity contribution in [3.63, 3.8) is 0 Å². The fourth-order valence-electron chi connectivity index (χ4n) is 3.29. The molecule has 0 saturated carbocycles. The van der Waals surface area contributed by atoms with Crippen LogP contribution in [0.3, 0.4) is 0 Å². The van der Waals surface area contributed by atoms with E-state index in [1.807, 2.05) is 36.2 Å². The van der Waals surface area contributed by atoms with Crippen molar-refractivity contribution in [2.24, 2.45) is 5.10 Å². The molecule has 1 fully saturated rings. The number of hydrazone groups is 1. The fraction of sp³-hybridized carbons (Fsp3) is 0.421. The van der Waals surface area contributed by atoms with E-state index in [-0.39, 0.29) is 5.56 Å². The number of para-hydroxylation sites is 1. The first-order chi connectivity index (χ1) is 13.2. The highest BCUT2D eigenvalue weighted by atomic mass is 32.1. The first-order valence-corrected chi connectivity index (χ1v) is 10.1. The number of nitrogens with zero attached hydrogens (tertiary/aromatic N) is 4. The number of hydrogen-bond donors (Lipinski definition) is 1. The van der Waals surface area contributed by atoms with Crippen molar-refractivity contribution in [2.45, 2.75) is 26.7 Å². The second-order valence-corrected chi connectivity index (χ2v) is 7.58. The number of aromatic nitrogens is 3. The molecular formula is C19H23N5O2S. The van der Waals surface area contributed by atoms with Crippen molar-refractivity contribution < 1.29 is 4.74 Å². The van der Waals surface area contributed by atoms with Gasteiger partial charge in [-0.25, -0.2) is 4.98 Å². The first-order valence-electron chi connectivity index (χ1n) is 9.25. The molecule has 0 atom stereocenters. The molecule has 2 aromatic heterocycles. The van der Waals surface area contributed by atoms with Crippen LogP contribution < -0.4 is 5.56 Å². The minimum Gasteiger partial charge on any atom is -0.378 e. The van der Waals surface area contributed by atoms with Crippen LogP contribution in [-0.2, 0) is 11.2 Å². The summed E-state index contributed by atoms with van der Waals surface area (Å²) < 4.78 is 7.99. The highest BCUT2D eigenvalue weighted by molar-refractivity contribution is 7.20. The summed E-state index contributed by atoms with van der Waals surface area (Å²) in [6.07, 6.45) is 1.73. The Labute approximate surface area is 161 Å². The third-order valence-corrected chi connectivity index (χ3v) is 5.60. The van der Waals surface area contributed by atoms with Gasteiger partial charge in [-0.15, -0.1) is 0 Å². The van der Waals surface area contributed by atoms with Crippen LogP contribution in [0.4, 0.5) is 0 Å². The maximum atomic E-state index is 13.2. The number of morpholine rings is 1. The van der Waals surface area contributed by atoms with Crippen molar-refractivity contribution in [1.29, 1.82) is 0 Å². The van der Waals surface area contributed by atoms with Gasteiger partial charge in [0.05, 0.1) is 47.8 Å². The van der Waals surface area contributed by atoms with E-state index in [1.165, 1.54) is 11.3 Å². The van der Waals surface area contributed by atoms with E-state index in [4.69, 9.17) is 4.74 Å². The Hall–Kier alpha value is -2.45. The molecular weight excluding hydrogens is 362 g/mol. The summed E-state index contributed by atoms with van der Waals surface area (Å²) in [7, 11) is 0. The molecule has 3 aromatic rings. The van der Waals surface area contributed by atoms with E-state index in [2.05, 4.69) is 22.1 Å². The van der Waals surface area contributed by atoms with Gasteiger partial charge in [-0.3, -0.25) is 14.9 Å². The third kappa shape index (κ3) is 3.54. The number of nitrogens with one attached hydrogen (secondary N) is 1. The van der Waals surface area contributed by atoms with E-state index >= 15 is 0 Å². The summed E-state index contributed by atoms with van der Waals surface area (Å²) >= 11 is 1.51. The van der Waals surface area contributed by atoms with Crippen molar-refractivity contribution in [3.8, 4) is 5.13 Å². The van der Waals surface area contributed by atoms with Crippen LogP contribution in [-0.4, -0.2) is 51.8 Å². The highest BCUT2D eigenvalue weighted by Crippen LogP contribution is 2.24. The van der Waals surface area contributed by atoms with Gasteiger partial charge in [0.2, 0.25) is 5.13 Å². The standard InChI is InChI=1S/C19H23N5O2S/c1-3-6-15-17(13(2)21-23-9-11-26-12-10-23)18(25)24(22-15)19-20-14-7-4-5-8-16(14)27-19/h4-5,7-8,22H,3,6,9-12H2,1-2H3. The predicted octanol–water partition coefficient (Wildman–Crippen LogP) is 2.78. The van der Waals surface area contributed by atoms with Gasteiger partial charge in [-0.1, -0.05) is 36.8 Å². The molecule has 1 aliphatic rings. The molecule has 1 saturated heterocycles. The number of H-pyrrole nitrogens is 1. The number of thiazole rings is 1. The van der Waals surface area contributed by atoms with Crippen LogP contribution in [0, 0.1) is 0 Å². The minimum absolute atomic E-state index is 0.0907. The zero-order valence-corrected chi connectivity index (χ0v) is 16.4. The Bertz CT molecular complexity index is 993. The molecule has 27 heavy (non-hydrogen) atoms. The van der Waals surface area contributed by atoms with E-state index in [0.29, 0.717) is 23.9 Å². The fourth-order valence-corrected chi connectivity index (χ4v) is 4.22. The van der Waals surface area contributed by atoms with E-state index in [9.17, 15) is 4.79 Å². The number of fused-ring (bicyclic) bond motifs is 1. The molecule has 0 spiro atoms. The number of aryl methyl sites for hydroxylation is 1. The second-order valence-electron chi connectivity index (χ2n) is 6.57. The number of benzene rings is 1. The van der Waals surface area contributed by atoms with Crippen LogP contribution in [0.2, 0.25) is 0 Å². The van der Waals surface area contributed by atoms with Gasteiger partial charge < -0.3 is 4.74 Å². The lowest BCUT2D eigenvalue weighted by atomic mass is 10.1. The lowest BCUT2D eigenvalue weighted by Crippen LogP contribution is -2.33. The zero-order valence-electron chi connectivity index (χ0n) is 15.6. The summed E-state index contributed by atoms with van der Waals surface area (Å²) in [5, 5.41) is 10.6.